The molecule has 0 aliphatic rings. The molecule has 0 aliphatic heterocycles. The maximum absolute atomic E-state index is 12.7. The zero-order valence-corrected chi connectivity index (χ0v) is 16.5. The highest BCUT2D eigenvalue weighted by atomic mass is 16.6. The van der Waals surface area contributed by atoms with Gasteiger partial charge in [-0.25, -0.2) is 4.79 Å². The lowest BCUT2D eigenvalue weighted by atomic mass is 9.86. The summed E-state index contributed by atoms with van der Waals surface area (Å²) in [6.45, 7) is 17.9. The van der Waals surface area contributed by atoms with E-state index in [-0.39, 0.29) is 23.7 Å². The van der Waals surface area contributed by atoms with Crippen molar-refractivity contribution in [2.24, 2.45) is 23.7 Å². The van der Waals surface area contributed by atoms with E-state index in [0.29, 0.717) is 18.3 Å². The van der Waals surface area contributed by atoms with Crippen molar-refractivity contribution in [1.82, 2.24) is 5.32 Å². The van der Waals surface area contributed by atoms with Crippen LogP contribution in [-0.4, -0.2) is 23.5 Å². The Morgan fingerprint density at radius 3 is 1.74 bits per heavy atom. The predicted molar refractivity (Wildman–Crippen MR) is 95.0 cm³/mol. The summed E-state index contributed by atoms with van der Waals surface area (Å²) in [4.78, 5) is 25.1. The van der Waals surface area contributed by atoms with Crippen molar-refractivity contribution in [1.29, 1.82) is 0 Å². The average Bonchev–Trinajstić information content (AvgIpc) is 2.31. The van der Waals surface area contributed by atoms with Crippen molar-refractivity contribution >= 4 is 11.9 Å². The van der Waals surface area contributed by atoms with E-state index in [0.717, 1.165) is 6.42 Å². The zero-order valence-electron chi connectivity index (χ0n) is 16.5. The lowest BCUT2D eigenvalue weighted by molar-refractivity contribution is -0.159. The van der Waals surface area contributed by atoms with E-state index < -0.39 is 11.6 Å². The van der Waals surface area contributed by atoms with E-state index >= 15 is 0 Å². The molecule has 0 heterocycles. The van der Waals surface area contributed by atoms with Gasteiger partial charge in [0.2, 0.25) is 5.91 Å². The molecule has 2 atom stereocenters. The molecule has 1 N–H and O–H groups in total. The van der Waals surface area contributed by atoms with Crippen LogP contribution in [0.3, 0.4) is 0 Å². The fourth-order valence-electron chi connectivity index (χ4n) is 2.53. The van der Waals surface area contributed by atoms with E-state index in [1.807, 2.05) is 34.6 Å². The summed E-state index contributed by atoms with van der Waals surface area (Å²) < 4.78 is 5.47. The van der Waals surface area contributed by atoms with Crippen molar-refractivity contribution in [3.8, 4) is 0 Å². The lowest BCUT2D eigenvalue weighted by Crippen LogP contribution is -2.47. The van der Waals surface area contributed by atoms with E-state index in [2.05, 4.69) is 33.0 Å². The minimum atomic E-state index is -0.574. The molecule has 1 amide bonds. The van der Waals surface area contributed by atoms with Gasteiger partial charge in [-0.2, -0.15) is 0 Å². The normalized spacial score (nSPS) is 15.0. The third-order valence-electron chi connectivity index (χ3n) is 3.58. The predicted octanol–water partition coefficient (Wildman–Crippen LogP) is 4.18. The Labute approximate surface area is 142 Å². The molecule has 0 spiro atoms. The first-order valence-electron chi connectivity index (χ1n) is 8.86. The van der Waals surface area contributed by atoms with Gasteiger partial charge in [0.15, 0.2) is 0 Å². The number of ether oxygens (including phenoxy) is 1. The van der Waals surface area contributed by atoms with Gasteiger partial charge in [0, 0.05) is 5.92 Å². The molecule has 136 valence electrons. The van der Waals surface area contributed by atoms with Gasteiger partial charge in [-0.05, 0) is 51.4 Å². The number of amides is 1. The zero-order chi connectivity index (χ0) is 18.4. The Hall–Kier alpha value is -1.06. The maximum atomic E-state index is 12.7. The first-order valence-corrected chi connectivity index (χ1v) is 8.86. The van der Waals surface area contributed by atoms with Gasteiger partial charge in [0.1, 0.15) is 11.6 Å². The van der Waals surface area contributed by atoms with Crippen LogP contribution in [0.1, 0.15) is 75.2 Å². The summed E-state index contributed by atoms with van der Waals surface area (Å²) in [5.41, 5.74) is -0.549. The molecule has 0 saturated carbocycles. The monoisotopic (exact) mass is 327 g/mol. The SMILES string of the molecule is CC(C)CC(C(=O)N[C@@H](CC(C)C)C(=O)OC(C)(C)C)C(C)C. The van der Waals surface area contributed by atoms with E-state index in [4.69, 9.17) is 4.74 Å². The summed E-state index contributed by atoms with van der Waals surface area (Å²) in [6.07, 6.45) is 1.42. The molecular formula is C19H37NO3. The van der Waals surface area contributed by atoms with Gasteiger partial charge in [-0.3, -0.25) is 4.79 Å². The molecule has 4 nitrogen and oxygen atoms in total. The Kier molecular flexibility index (Phi) is 8.86. The van der Waals surface area contributed by atoms with Crippen molar-refractivity contribution in [3.05, 3.63) is 0 Å². The Morgan fingerprint density at radius 2 is 1.39 bits per heavy atom. The largest absolute Gasteiger partial charge is 0.458 e. The molecule has 0 radical (unpaired) electrons. The third-order valence-corrected chi connectivity index (χ3v) is 3.58. The van der Waals surface area contributed by atoms with Crippen LogP contribution in [0.2, 0.25) is 0 Å². The molecule has 0 bridgehead atoms. The van der Waals surface area contributed by atoms with E-state index in [1.54, 1.807) is 0 Å². The molecule has 1 unspecified atom stereocenters. The van der Waals surface area contributed by atoms with Crippen molar-refractivity contribution < 1.29 is 14.3 Å². The molecule has 23 heavy (non-hydrogen) atoms. The molecule has 0 fully saturated rings. The highest BCUT2D eigenvalue weighted by Crippen LogP contribution is 2.21. The standard InChI is InChI=1S/C19H37NO3/c1-12(2)10-15(14(5)6)17(21)20-16(11-13(3)4)18(22)23-19(7,8)9/h12-16H,10-11H2,1-9H3,(H,20,21)/t15?,16-/m0/s1. The van der Waals surface area contributed by atoms with Gasteiger partial charge in [-0.15, -0.1) is 0 Å². The van der Waals surface area contributed by atoms with Crippen molar-refractivity contribution in [2.45, 2.75) is 86.8 Å². The van der Waals surface area contributed by atoms with Crippen LogP contribution >= 0.6 is 0 Å². The summed E-state index contributed by atoms with van der Waals surface area (Å²) in [5.74, 6) is 0.535. The first-order chi connectivity index (χ1) is 10.3. The molecule has 0 aliphatic carbocycles. The Bertz CT molecular complexity index is 381. The Morgan fingerprint density at radius 1 is 0.913 bits per heavy atom. The number of esters is 1. The second kappa shape index (κ2) is 9.29. The number of nitrogens with one attached hydrogen (secondary N) is 1. The van der Waals surface area contributed by atoms with Crippen LogP contribution in [0.25, 0.3) is 0 Å². The number of rotatable bonds is 8. The lowest BCUT2D eigenvalue weighted by Gasteiger charge is -2.28. The summed E-state index contributed by atoms with van der Waals surface area (Å²) in [5, 5.41) is 2.94. The van der Waals surface area contributed by atoms with Crippen LogP contribution in [0.5, 0.6) is 0 Å². The summed E-state index contributed by atoms with van der Waals surface area (Å²) >= 11 is 0. The van der Waals surface area contributed by atoms with Crippen LogP contribution in [-0.2, 0) is 14.3 Å². The van der Waals surface area contributed by atoms with Gasteiger partial charge >= 0.3 is 5.97 Å². The minimum Gasteiger partial charge on any atom is -0.458 e. The van der Waals surface area contributed by atoms with Crippen LogP contribution in [0, 0.1) is 23.7 Å². The Balaban J connectivity index is 5.05. The first kappa shape index (κ1) is 21.9. The molecule has 0 aromatic carbocycles. The van der Waals surface area contributed by atoms with Gasteiger partial charge in [-0.1, -0.05) is 41.5 Å². The summed E-state index contributed by atoms with van der Waals surface area (Å²) in [6, 6.07) is -0.574. The molecule has 0 rings (SSSR count). The van der Waals surface area contributed by atoms with Gasteiger partial charge in [0.25, 0.3) is 0 Å². The molecule has 0 saturated heterocycles. The van der Waals surface area contributed by atoms with Crippen LogP contribution in [0.4, 0.5) is 0 Å². The van der Waals surface area contributed by atoms with Gasteiger partial charge < -0.3 is 10.1 Å². The average molecular weight is 328 g/mol. The second-order valence-corrected chi connectivity index (χ2v) is 8.70. The van der Waals surface area contributed by atoms with Crippen molar-refractivity contribution in [3.63, 3.8) is 0 Å². The number of hydrogen-bond acceptors (Lipinski definition) is 3. The highest BCUT2D eigenvalue weighted by Gasteiger charge is 2.31. The molecule has 0 aromatic heterocycles. The summed E-state index contributed by atoms with van der Waals surface area (Å²) in [7, 11) is 0. The van der Waals surface area contributed by atoms with Crippen LogP contribution < -0.4 is 5.32 Å². The molecule has 0 aromatic rings. The highest BCUT2D eigenvalue weighted by molar-refractivity contribution is 5.86. The smallest absolute Gasteiger partial charge is 0.329 e. The number of carbonyl (C=O) groups excluding carboxylic acids is 2. The van der Waals surface area contributed by atoms with Crippen molar-refractivity contribution in [2.75, 3.05) is 0 Å². The fraction of sp³-hybridized carbons (Fsp3) is 0.895. The number of carbonyl (C=O) groups is 2. The molecular weight excluding hydrogens is 290 g/mol. The third kappa shape index (κ3) is 9.62. The van der Waals surface area contributed by atoms with E-state index in [1.165, 1.54) is 0 Å². The minimum absolute atomic E-state index is 0.0368. The number of hydrogen-bond donors (Lipinski definition) is 1. The molecule has 4 heteroatoms. The quantitative estimate of drug-likeness (QED) is 0.681. The van der Waals surface area contributed by atoms with Crippen LogP contribution in [0.15, 0.2) is 0 Å². The van der Waals surface area contributed by atoms with E-state index in [9.17, 15) is 9.59 Å². The fourth-order valence-corrected chi connectivity index (χ4v) is 2.53. The topological polar surface area (TPSA) is 55.4 Å². The van der Waals surface area contributed by atoms with Gasteiger partial charge in [0.05, 0.1) is 0 Å². The maximum Gasteiger partial charge on any atom is 0.329 e. The second-order valence-electron chi connectivity index (χ2n) is 8.70.